The average Bonchev–Trinajstić information content (AvgIpc) is 2.43. The summed E-state index contributed by atoms with van der Waals surface area (Å²) in [6.07, 6.45) is 4.87. The van der Waals surface area contributed by atoms with Gasteiger partial charge in [0.1, 0.15) is 0 Å². The van der Waals surface area contributed by atoms with Crippen molar-refractivity contribution in [3.8, 4) is 0 Å². The fraction of sp³-hybridized carbons (Fsp3) is 0.733. The zero-order chi connectivity index (χ0) is 12.7. The summed E-state index contributed by atoms with van der Waals surface area (Å²) in [5.74, 6) is 0.636. The summed E-state index contributed by atoms with van der Waals surface area (Å²) in [5, 5.41) is 1.70. The molecule has 0 aromatic rings. The van der Waals surface area contributed by atoms with Crippen molar-refractivity contribution >= 4 is 8.80 Å². The highest BCUT2D eigenvalue weighted by atomic mass is 28.3. The lowest BCUT2D eigenvalue weighted by molar-refractivity contribution is 0.291. The third kappa shape index (κ3) is 2.68. The van der Waals surface area contributed by atoms with Gasteiger partial charge in [0.15, 0.2) is 0 Å². The minimum absolute atomic E-state index is 0.314. The highest BCUT2D eigenvalue weighted by molar-refractivity contribution is 6.65. The number of hydrogen-bond donors (Lipinski definition) is 0. The Kier molecular flexibility index (Phi) is 3.59. The SMILES string of the molecule is C[SiH](C)C1=C(C(C)(C)C)C(C(C)(C)C)C=C1. The molecule has 0 bridgehead atoms. The monoisotopic (exact) mass is 236 g/mol. The molecule has 0 saturated heterocycles. The van der Waals surface area contributed by atoms with Gasteiger partial charge in [-0.05, 0) is 10.8 Å². The van der Waals surface area contributed by atoms with Crippen LogP contribution in [0.5, 0.6) is 0 Å². The van der Waals surface area contributed by atoms with Crippen LogP contribution in [-0.4, -0.2) is 8.80 Å². The Balaban J connectivity index is 3.25. The van der Waals surface area contributed by atoms with Crippen LogP contribution in [0.2, 0.25) is 13.1 Å². The van der Waals surface area contributed by atoms with Gasteiger partial charge in [0, 0.05) is 5.92 Å². The molecule has 1 aliphatic rings. The first kappa shape index (κ1) is 13.8. The Labute approximate surface area is 103 Å². The van der Waals surface area contributed by atoms with Gasteiger partial charge in [-0.2, -0.15) is 0 Å². The quantitative estimate of drug-likeness (QED) is 0.584. The molecule has 16 heavy (non-hydrogen) atoms. The second kappa shape index (κ2) is 4.18. The van der Waals surface area contributed by atoms with Crippen LogP contribution in [0.25, 0.3) is 0 Å². The van der Waals surface area contributed by atoms with E-state index < -0.39 is 8.80 Å². The van der Waals surface area contributed by atoms with Crippen molar-refractivity contribution in [3.63, 3.8) is 0 Å². The van der Waals surface area contributed by atoms with Crippen LogP contribution in [0.3, 0.4) is 0 Å². The van der Waals surface area contributed by atoms with Crippen LogP contribution in [-0.2, 0) is 0 Å². The van der Waals surface area contributed by atoms with Crippen molar-refractivity contribution in [1.82, 2.24) is 0 Å². The molecule has 0 heterocycles. The average molecular weight is 236 g/mol. The predicted molar refractivity (Wildman–Crippen MR) is 77.4 cm³/mol. The molecular weight excluding hydrogens is 208 g/mol. The molecule has 0 fully saturated rings. The summed E-state index contributed by atoms with van der Waals surface area (Å²) >= 11 is 0. The molecule has 1 rings (SSSR count). The van der Waals surface area contributed by atoms with Crippen molar-refractivity contribution in [2.24, 2.45) is 16.7 Å². The van der Waals surface area contributed by atoms with Gasteiger partial charge in [0.25, 0.3) is 0 Å². The van der Waals surface area contributed by atoms with Gasteiger partial charge >= 0.3 is 0 Å². The maximum Gasteiger partial charge on any atom is 0.0647 e. The second-order valence-corrected chi connectivity index (χ2v) is 10.4. The van der Waals surface area contributed by atoms with Crippen molar-refractivity contribution in [1.29, 1.82) is 0 Å². The lowest BCUT2D eigenvalue weighted by Gasteiger charge is -2.36. The van der Waals surface area contributed by atoms with Crippen LogP contribution < -0.4 is 0 Å². The van der Waals surface area contributed by atoms with Gasteiger partial charge in [0.05, 0.1) is 8.80 Å². The van der Waals surface area contributed by atoms with Gasteiger partial charge in [-0.15, -0.1) is 0 Å². The van der Waals surface area contributed by atoms with Gasteiger partial charge in [-0.3, -0.25) is 0 Å². The fourth-order valence-corrected chi connectivity index (χ4v) is 4.42. The van der Waals surface area contributed by atoms with E-state index in [1.165, 1.54) is 0 Å². The standard InChI is InChI=1S/C15H28Si/c1-14(2,3)11-9-10-12(16(7)8)13(11)15(4,5)6/h9-11,16H,1-8H3. The summed E-state index contributed by atoms with van der Waals surface area (Å²) in [6, 6.07) is 0. The van der Waals surface area contributed by atoms with Crippen LogP contribution in [0.1, 0.15) is 41.5 Å². The largest absolute Gasteiger partial charge is 0.0769 e. The highest BCUT2D eigenvalue weighted by Gasteiger charge is 2.36. The van der Waals surface area contributed by atoms with E-state index in [4.69, 9.17) is 0 Å². The third-order valence-electron chi connectivity index (χ3n) is 3.45. The van der Waals surface area contributed by atoms with E-state index in [1.807, 2.05) is 0 Å². The van der Waals surface area contributed by atoms with Crippen LogP contribution in [0.4, 0.5) is 0 Å². The van der Waals surface area contributed by atoms with Crippen molar-refractivity contribution in [2.75, 3.05) is 0 Å². The van der Waals surface area contributed by atoms with E-state index in [1.54, 1.807) is 10.8 Å². The molecule has 0 nitrogen and oxygen atoms in total. The van der Waals surface area contributed by atoms with E-state index in [-0.39, 0.29) is 0 Å². The molecule has 0 amide bonds. The highest BCUT2D eigenvalue weighted by Crippen LogP contribution is 2.47. The van der Waals surface area contributed by atoms with Crippen LogP contribution >= 0.6 is 0 Å². The summed E-state index contributed by atoms with van der Waals surface area (Å²) < 4.78 is 0. The van der Waals surface area contributed by atoms with Gasteiger partial charge in [-0.25, -0.2) is 0 Å². The smallest absolute Gasteiger partial charge is 0.0647 e. The Morgan fingerprint density at radius 1 is 1.00 bits per heavy atom. The van der Waals surface area contributed by atoms with Crippen molar-refractivity contribution in [2.45, 2.75) is 54.6 Å². The number of hydrogen-bond acceptors (Lipinski definition) is 0. The lowest BCUT2D eigenvalue weighted by Crippen LogP contribution is -2.27. The number of rotatable bonds is 1. The lowest BCUT2D eigenvalue weighted by atomic mass is 9.70. The predicted octanol–water partition coefficient (Wildman–Crippen LogP) is 4.59. The maximum absolute atomic E-state index is 2.45. The van der Waals surface area contributed by atoms with E-state index in [0.29, 0.717) is 16.7 Å². The normalized spacial score (nSPS) is 22.4. The molecule has 1 heteroatoms. The molecule has 0 radical (unpaired) electrons. The molecular formula is C15H28Si. The van der Waals surface area contributed by atoms with Gasteiger partial charge in [0.2, 0.25) is 0 Å². The van der Waals surface area contributed by atoms with E-state index >= 15 is 0 Å². The topological polar surface area (TPSA) is 0 Å². The first-order valence-electron chi connectivity index (χ1n) is 6.48. The van der Waals surface area contributed by atoms with Gasteiger partial charge in [-0.1, -0.05) is 77.6 Å². The summed E-state index contributed by atoms with van der Waals surface area (Å²) in [4.78, 5) is 0. The molecule has 1 aliphatic carbocycles. The Bertz CT molecular complexity index is 318. The Morgan fingerprint density at radius 2 is 1.50 bits per heavy atom. The zero-order valence-corrected chi connectivity index (χ0v) is 13.5. The minimum atomic E-state index is -0.698. The van der Waals surface area contributed by atoms with Crippen LogP contribution in [0.15, 0.2) is 22.9 Å². The minimum Gasteiger partial charge on any atom is -0.0769 e. The first-order valence-corrected chi connectivity index (χ1v) is 9.36. The second-order valence-electron chi connectivity index (χ2n) is 7.48. The first-order chi connectivity index (χ1) is 7.05. The Morgan fingerprint density at radius 3 is 1.81 bits per heavy atom. The molecule has 0 aliphatic heterocycles. The molecule has 0 saturated carbocycles. The molecule has 1 unspecified atom stereocenters. The summed E-state index contributed by atoms with van der Waals surface area (Å²) in [5.41, 5.74) is 2.37. The third-order valence-corrected chi connectivity index (χ3v) is 5.20. The summed E-state index contributed by atoms with van der Waals surface area (Å²) in [6.45, 7) is 19.1. The van der Waals surface area contributed by atoms with Gasteiger partial charge < -0.3 is 0 Å². The van der Waals surface area contributed by atoms with E-state index in [0.717, 1.165) is 0 Å². The van der Waals surface area contributed by atoms with E-state index in [2.05, 4.69) is 66.8 Å². The molecule has 0 N–H and O–H groups in total. The van der Waals surface area contributed by atoms with Crippen LogP contribution in [0, 0.1) is 16.7 Å². The Hall–Kier alpha value is -0.303. The number of allylic oxidation sites excluding steroid dienone is 4. The molecule has 1 atom stereocenters. The summed E-state index contributed by atoms with van der Waals surface area (Å²) in [7, 11) is -0.698. The van der Waals surface area contributed by atoms with Crippen molar-refractivity contribution < 1.29 is 0 Å². The molecule has 0 aromatic carbocycles. The van der Waals surface area contributed by atoms with E-state index in [9.17, 15) is 0 Å². The maximum atomic E-state index is 2.45. The molecule has 0 aromatic heterocycles. The molecule has 92 valence electrons. The zero-order valence-electron chi connectivity index (χ0n) is 12.3. The fourth-order valence-electron chi connectivity index (χ4n) is 2.69. The molecule has 0 spiro atoms. The van der Waals surface area contributed by atoms with Crippen molar-refractivity contribution in [3.05, 3.63) is 22.9 Å².